The molecule has 0 saturated carbocycles. The first-order valence-corrected chi connectivity index (χ1v) is 18.5. The molecule has 4 aromatic rings. The Morgan fingerprint density at radius 3 is 1.20 bits per heavy atom. The Labute approximate surface area is 279 Å². The third kappa shape index (κ3) is 10.8. The van der Waals surface area contributed by atoms with E-state index in [4.69, 9.17) is 0 Å². The van der Waals surface area contributed by atoms with Crippen LogP contribution >= 0.6 is 0 Å². The second kappa shape index (κ2) is 19.9. The number of fused-ring (bicyclic) bond motifs is 2. The number of allylic oxidation sites excluding steroid dienone is 2. The number of hydrogen-bond acceptors (Lipinski definition) is 2. The van der Waals surface area contributed by atoms with Crippen molar-refractivity contribution in [2.45, 2.75) is 129 Å². The van der Waals surface area contributed by atoms with E-state index in [9.17, 15) is 10.2 Å². The maximum atomic E-state index is 11.1. The van der Waals surface area contributed by atoms with Crippen LogP contribution in [0.5, 0.6) is 11.5 Å². The monoisotopic (exact) mass is 618 g/mol. The van der Waals surface area contributed by atoms with Gasteiger partial charge in [-0.1, -0.05) is 164 Å². The summed E-state index contributed by atoms with van der Waals surface area (Å²) in [7, 11) is 0. The molecule has 0 saturated heterocycles. The van der Waals surface area contributed by atoms with E-state index in [1.54, 1.807) is 12.1 Å². The van der Waals surface area contributed by atoms with Gasteiger partial charge < -0.3 is 10.2 Å². The van der Waals surface area contributed by atoms with Gasteiger partial charge in [0.15, 0.2) is 0 Å². The van der Waals surface area contributed by atoms with Crippen molar-refractivity contribution >= 4 is 33.7 Å². The number of phenolic OH excluding ortho intramolecular Hbond substituents is 2. The van der Waals surface area contributed by atoms with Crippen molar-refractivity contribution in [3.8, 4) is 22.6 Å². The molecule has 246 valence electrons. The van der Waals surface area contributed by atoms with Gasteiger partial charge in [0.1, 0.15) is 11.5 Å². The van der Waals surface area contributed by atoms with Gasteiger partial charge in [0, 0.05) is 11.1 Å². The van der Waals surface area contributed by atoms with Crippen LogP contribution in [0.25, 0.3) is 44.8 Å². The van der Waals surface area contributed by atoms with Crippen molar-refractivity contribution in [1.82, 2.24) is 0 Å². The van der Waals surface area contributed by atoms with Gasteiger partial charge in [0.2, 0.25) is 0 Å². The van der Waals surface area contributed by atoms with Crippen LogP contribution in [-0.4, -0.2) is 10.2 Å². The minimum absolute atomic E-state index is 0.183. The third-order valence-electron chi connectivity index (χ3n) is 9.36. The van der Waals surface area contributed by atoms with Crippen LogP contribution < -0.4 is 0 Å². The first kappa shape index (κ1) is 35.3. The molecule has 2 nitrogen and oxygen atoms in total. The first-order valence-electron chi connectivity index (χ1n) is 18.5. The lowest BCUT2D eigenvalue weighted by Crippen LogP contribution is -1.88. The molecule has 2 heteroatoms. The maximum Gasteiger partial charge on any atom is 0.124 e. The molecule has 0 amide bonds. The van der Waals surface area contributed by atoms with Gasteiger partial charge >= 0.3 is 0 Å². The van der Waals surface area contributed by atoms with E-state index in [2.05, 4.69) is 74.5 Å². The molecule has 0 atom stereocenters. The number of rotatable bonds is 21. The Morgan fingerprint density at radius 1 is 0.435 bits per heavy atom. The molecule has 0 fully saturated rings. The Bertz CT molecular complexity index is 1430. The van der Waals surface area contributed by atoms with Gasteiger partial charge in [-0.2, -0.15) is 0 Å². The van der Waals surface area contributed by atoms with Gasteiger partial charge in [-0.25, -0.2) is 0 Å². The van der Waals surface area contributed by atoms with Crippen LogP contribution in [0.1, 0.15) is 141 Å². The maximum absolute atomic E-state index is 11.1. The van der Waals surface area contributed by atoms with Crippen molar-refractivity contribution in [3.05, 3.63) is 83.9 Å². The molecular formula is C44H58O2. The summed E-state index contributed by atoms with van der Waals surface area (Å²) in [5.41, 5.74) is 3.70. The lowest BCUT2D eigenvalue weighted by atomic mass is 9.91. The summed E-state index contributed by atoms with van der Waals surface area (Å²) < 4.78 is 0. The molecule has 2 N–H and O–H groups in total. The second-order valence-corrected chi connectivity index (χ2v) is 13.2. The molecule has 0 unspecified atom stereocenters. The quantitative estimate of drug-likeness (QED) is 0.0912. The molecule has 4 rings (SSSR count). The second-order valence-electron chi connectivity index (χ2n) is 13.2. The fraction of sp³-hybridized carbons (Fsp3) is 0.455. The molecule has 0 aliphatic rings. The number of phenols is 2. The van der Waals surface area contributed by atoms with Gasteiger partial charge in [0.05, 0.1) is 0 Å². The average molecular weight is 619 g/mol. The lowest BCUT2D eigenvalue weighted by molar-refractivity contribution is 0.470. The largest absolute Gasteiger partial charge is 0.507 e. The van der Waals surface area contributed by atoms with E-state index in [0.29, 0.717) is 11.1 Å². The van der Waals surface area contributed by atoms with E-state index < -0.39 is 0 Å². The molecule has 0 spiro atoms. The Hall–Kier alpha value is -3.52. The minimum atomic E-state index is 0.183. The number of aromatic hydroxyl groups is 2. The molecular weight excluding hydrogens is 560 g/mol. The number of unbranched alkanes of at least 4 members (excludes halogenated alkanes) is 16. The summed E-state index contributed by atoms with van der Waals surface area (Å²) in [6, 6.07) is 20.2. The fourth-order valence-electron chi connectivity index (χ4n) is 6.64. The summed E-state index contributed by atoms with van der Waals surface area (Å²) in [6.07, 6.45) is 32.6. The standard InChI is InChI=1S/C44H58O2/c1-3-5-7-9-11-13-15-17-19-21-23-35-25-29-39-37(33-35)27-31-41(45)43(39)44-40-30-26-36(34-38(40)28-32-42(44)46)24-22-20-18-16-14-12-10-8-6-4-2/h21-34,45-46H,3-20H2,1-2H3/b23-21+,24-22+. The molecule has 4 aromatic carbocycles. The van der Waals surface area contributed by atoms with Crippen LogP contribution in [0.2, 0.25) is 0 Å². The minimum Gasteiger partial charge on any atom is -0.507 e. The van der Waals surface area contributed by atoms with E-state index >= 15 is 0 Å². The normalized spacial score (nSPS) is 12.0. The zero-order valence-corrected chi connectivity index (χ0v) is 28.7. The third-order valence-corrected chi connectivity index (χ3v) is 9.36. The summed E-state index contributed by atoms with van der Waals surface area (Å²) in [5.74, 6) is 0.366. The number of benzene rings is 4. The zero-order valence-electron chi connectivity index (χ0n) is 28.7. The molecule has 0 bridgehead atoms. The van der Waals surface area contributed by atoms with Crippen molar-refractivity contribution in [3.63, 3.8) is 0 Å². The average Bonchev–Trinajstić information content (AvgIpc) is 3.07. The van der Waals surface area contributed by atoms with E-state index in [-0.39, 0.29) is 11.5 Å². The van der Waals surface area contributed by atoms with Gasteiger partial charge in [-0.15, -0.1) is 0 Å². The van der Waals surface area contributed by atoms with Crippen molar-refractivity contribution < 1.29 is 10.2 Å². The Balaban J connectivity index is 1.40. The summed E-state index contributed by atoms with van der Waals surface area (Å²) in [5, 5.41) is 26.2. The van der Waals surface area contributed by atoms with Gasteiger partial charge in [-0.05, 0) is 82.6 Å². The Morgan fingerprint density at radius 2 is 0.804 bits per heavy atom. The zero-order chi connectivity index (χ0) is 32.4. The van der Waals surface area contributed by atoms with Crippen LogP contribution in [-0.2, 0) is 0 Å². The molecule has 46 heavy (non-hydrogen) atoms. The van der Waals surface area contributed by atoms with E-state index in [0.717, 1.165) is 45.5 Å². The highest BCUT2D eigenvalue weighted by atomic mass is 16.3. The first-order chi connectivity index (χ1) is 22.6. The van der Waals surface area contributed by atoms with Crippen LogP contribution in [0.3, 0.4) is 0 Å². The van der Waals surface area contributed by atoms with E-state index in [1.165, 1.54) is 103 Å². The fourth-order valence-corrected chi connectivity index (χ4v) is 6.64. The summed E-state index contributed by atoms with van der Waals surface area (Å²) >= 11 is 0. The molecule has 0 aliphatic carbocycles. The highest BCUT2D eigenvalue weighted by Gasteiger charge is 2.17. The van der Waals surface area contributed by atoms with Crippen molar-refractivity contribution in [2.75, 3.05) is 0 Å². The molecule has 0 heterocycles. The van der Waals surface area contributed by atoms with Crippen LogP contribution in [0.4, 0.5) is 0 Å². The van der Waals surface area contributed by atoms with Gasteiger partial charge in [0.25, 0.3) is 0 Å². The molecule has 0 aliphatic heterocycles. The highest BCUT2D eigenvalue weighted by molar-refractivity contribution is 6.10. The van der Waals surface area contributed by atoms with Crippen LogP contribution in [0, 0.1) is 0 Å². The topological polar surface area (TPSA) is 40.5 Å². The molecule has 0 radical (unpaired) electrons. The SMILES string of the molecule is CCCCCCCCCC/C=C/c1ccc2c(-c3c(O)ccc4cc(/C=C/CCCCCCCCCC)ccc34)c(O)ccc2c1. The molecule has 0 aromatic heterocycles. The summed E-state index contributed by atoms with van der Waals surface area (Å²) in [4.78, 5) is 0. The predicted octanol–water partition coefficient (Wildman–Crippen LogP) is 14.2. The summed E-state index contributed by atoms with van der Waals surface area (Å²) in [6.45, 7) is 4.54. The Kier molecular flexibility index (Phi) is 15.3. The van der Waals surface area contributed by atoms with Crippen molar-refractivity contribution in [2.24, 2.45) is 0 Å². The van der Waals surface area contributed by atoms with Crippen LogP contribution in [0.15, 0.2) is 72.8 Å². The van der Waals surface area contributed by atoms with E-state index in [1.807, 2.05) is 12.1 Å². The van der Waals surface area contributed by atoms with Crippen molar-refractivity contribution in [1.29, 1.82) is 0 Å². The highest BCUT2D eigenvalue weighted by Crippen LogP contribution is 2.45. The predicted molar refractivity (Wildman–Crippen MR) is 203 cm³/mol. The van der Waals surface area contributed by atoms with Gasteiger partial charge in [-0.3, -0.25) is 0 Å². The smallest absolute Gasteiger partial charge is 0.124 e. The number of hydrogen-bond donors (Lipinski definition) is 2. The lowest BCUT2D eigenvalue weighted by Gasteiger charge is -2.15.